The molecule has 0 aromatic heterocycles. The number of aliphatic hydroxyl groups is 4. The molecule has 65 heavy (non-hydrogen) atoms. The SMILES string of the molecule is CCCNC[C@]1(O)[C@H](C)O[C@@H](O[C@H]2[C@H](C)[C@@H](O[C@@H]3O[C@H](C)C[C@H](N(C)C)[C@H]3Oc3cc(F)ccc3OC)[C@](C)(O)C[C@@H](C)CN[C@H](C)[C@@H](O)[C@](C)(O)[C@@H](CC)OC(=O)[C@@H]2C)C[C@@]1(C)OC. The number of nitrogens with zero attached hydrogens (tertiary/aromatic N) is 1. The third-order valence-electron chi connectivity index (χ3n) is 14.4. The van der Waals surface area contributed by atoms with Gasteiger partial charge in [-0.3, -0.25) is 4.79 Å². The van der Waals surface area contributed by atoms with E-state index in [2.05, 4.69) is 10.6 Å². The molecule has 1 aromatic rings. The Hall–Kier alpha value is -2.26. The lowest BCUT2D eigenvalue weighted by atomic mass is 9.75. The van der Waals surface area contributed by atoms with Crippen molar-refractivity contribution in [2.75, 3.05) is 47.9 Å². The molecule has 18 atom stereocenters. The maximum atomic E-state index is 14.8. The topological polar surface area (TPSA) is 199 Å². The molecule has 3 aliphatic rings. The zero-order valence-corrected chi connectivity index (χ0v) is 41.8. The van der Waals surface area contributed by atoms with Gasteiger partial charge in [0.15, 0.2) is 30.2 Å². The summed E-state index contributed by atoms with van der Waals surface area (Å²) in [6, 6.07) is 3.06. The molecule has 16 nitrogen and oxygen atoms in total. The van der Waals surface area contributed by atoms with Crippen molar-refractivity contribution in [1.82, 2.24) is 15.5 Å². The van der Waals surface area contributed by atoms with E-state index in [4.69, 9.17) is 37.9 Å². The molecule has 17 heteroatoms. The van der Waals surface area contributed by atoms with Crippen LogP contribution in [0.5, 0.6) is 11.5 Å². The number of aliphatic hydroxyl groups excluding tert-OH is 1. The molecule has 0 saturated carbocycles. The molecule has 0 radical (unpaired) electrons. The number of rotatable bonds is 14. The van der Waals surface area contributed by atoms with Gasteiger partial charge in [-0.1, -0.05) is 27.7 Å². The second kappa shape index (κ2) is 22.9. The third-order valence-corrected chi connectivity index (χ3v) is 14.4. The first-order valence-electron chi connectivity index (χ1n) is 23.6. The van der Waals surface area contributed by atoms with Gasteiger partial charge >= 0.3 is 5.97 Å². The van der Waals surface area contributed by atoms with Gasteiger partial charge in [-0.05, 0) is 119 Å². The Balaban J connectivity index is 1.88. The number of esters is 1. The lowest BCUT2D eigenvalue weighted by Crippen LogP contribution is -2.70. The van der Waals surface area contributed by atoms with Gasteiger partial charge in [0.1, 0.15) is 34.8 Å². The van der Waals surface area contributed by atoms with Crippen molar-refractivity contribution in [3.8, 4) is 11.5 Å². The van der Waals surface area contributed by atoms with Gasteiger partial charge in [0.2, 0.25) is 0 Å². The van der Waals surface area contributed by atoms with Crippen molar-refractivity contribution >= 4 is 5.97 Å². The highest BCUT2D eigenvalue weighted by Crippen LogP contribution is 2.44. The molecule has 3 fully saturated rings. The molecule has 0 amide bonds. The van der Waals surface area contributed by atoms with Crippen LogP contribution in [-0.2, 0) is 33.2 Å². The first-order valence-corrected chi connectivity index (χ1v) is 23.6. The van der Waals surface area contributed by atoms with Gasteiger partial charge in [0.05, 0.1) is 49.1 Å². The smallest absolute Gasteiger partial charge is 0.311 e. The number of cyclic esters (lactones) is 1. The summed E-state index contributed by atoms with van der Waals surface area (Å²) in [6.45, 7) is 20.8. The molecule has 3 saturated heterocycles. The van der Waals surface area contributed by atoms with E-state index < -0.39 is 101 Å². The van der Waals surface area contributed by atoms with E-state index in [1.165, 1.54) is 39.3 Å². The third kappa shape index (κ3) is 12.7. The average Bonchev–Trinajstić information content (AvgIpc) is 3.24. The maximum Gasteiger partial charge on any atom is 0.311 e. The second-order valence-corrected chi connectivity index (χ2v) is 20.1. The molecule has 0 spiro atoms. The van der Waals surface area contributed by atoms with Crippen molar-refractivity contribution in [2.45, 2.75) is 198 Å². The Bertz CT molecular complexity index is 1660. The normalized spacial score (nSPS) is 42.8. The van der Waals surface area contributed by atoms with E-state index in [-0.39, 0.29) is 49.6 Å². The van der Waals surface area contributed by atoms with Crippen LogP contribution >= 0.6 is 0 Å². The molecule has 1 aromatic carbocycles. The molecule has 0 bridgehead atoms. The first-order chi connectivity index (χ1) is 30.3. The fourth-order valence-electron chi connectivity index (χ4n) is 10.2. The highest BCUT2D eigenvalue weighted by molar-refractivity contribution is 5.73. The summed E-state index contributed by atoms with van der Waals surface area (Å²) in [5.41, 5.74) is -6.16. The summed E-state index contributed by atoms with van der Waals surface area (Å²) in [6.07, 6.45) is -7.12. The van der Waals surface area contributed by atoms with Crippen LogP contribution in [0.1, 0.15) is 108 Å². The number of hydrogen-bond donors (Lipinski definition) is 6. The van der Waals surface area contributed by atoms with Crippen molar-refractivity contribution in [3.05, 3.63) is 24.0 Å². The summed E-state index contributed by atoms with van der Waals surface area (Å²) in [5, 5.41) is 55.0. The number of hydrogen-bond acceptors (Lipinski definition) is 16. The Morgan fingerprint density at radius 1 is 0.954 bits per heavy atom. The predicted molar refractivity (Wildman–Crippen MR) is 243 cm³/mol. The van der Waals surface area contributed by atoms with Gasteiger partial charge in [0.25, 0.3) is 0 Å². The van der Waals surface area contributed by atoms with E-state index in [0.717, 1.165) is 6.42 Å². The molecule has 3 heterocycles. The van der Waals surface area contributed by atoms with Crippen LogP contribution in [0.4, 0.5) is 4.39 Å². The zero-order chi connectivity index (χ0) is 48.8. The van der Waals surface area contributed by atoms with Crippen LogP contribution in [0.3, 0.4) is 0 Å². The van der Waals surface area contributed by atoms with Crippen LogP contribution in [-0.4, -0.2) is 169 Å². The predicted octanol–water partition coefficient (Wildman–Crippen LogP) is 4.16. The first kappa shape index (κ1) is 55.3. The Kier molecular flexibility index (Phi) is 19.5. The summed E-state index contributed by atoms with van der Waals surface area (Å²) in [7, 11) is 6.81. The van der Waals surface area contributed by atoms with E-state index in [9.17, 15) is 29.6 Å². The van der Waals surface area contributed by atoms with E-state index >= 15 is 0 Å². The van der Waals surface area contributed by atoms with Gasteiger partial charge < -0.3 is 73.9 Å². The van der Waals surface area contributed by atoms with E-state index in [1.807, 2.05) is 46.7 Å². The Morgan fingerprint density at radius 3 is 2.23 bits per heavy atom. The van der Waals surface area contributed by atoms with Crippen LogP contribution < -0.4 is 20.1 Å². The molecule has 376 valence electrons. The minimum absolute atomic E-state index is 0.0588. The van der Waals surface area contributed by atoms with E-state index in [0.29, 0.717) is 25.3 Å². The molecule has 4 rings (SSSR count). The van der Waals surface area contributed by atoms with Crippen molar-refractivity contribution in [2.24, 2.45) is 17.8 Å². The summed E-state index contributed by atoms with van der Waals surface area (Å²) in [4.78, 5) is 16.6. The van der Waals surface area contributed by atoms with E-state index in [1.54, 1.807) is 41.5 Å². The van der Waals surface area contributed by atoms with Crippen LogP contribution in [0, 0.1) is 23.6 Å². The molecule has 6 N–H and O–H groups in total. The fourth-order valence-corrected chi connectivity index (χ4v) is 10.2. The number of nitrogens with one attached hydrogen (secondary N) is 2. The summed E-state index contributed by atoms with van der Waals surface area (Å²) in [5.74, 6) is -2.96. The molecule has 0 unspecified atom stereocenters. The minimum Gasteiger partial charge on any atom is -0.493 e. The number of carbonyl (C=O) groups excluding carboxylic acids is 1. The van der Waals surface area contributed by atoms with Gasteiger partial charge in [0, 0.05) is 38.1 Å². The molecular weight excluding hydrogens is 846 g/mol. The number of halogens is 1. The molecular formula is C48H84FN3O13. The van der Waals surface area contributed by atoms with Crippen molar-refractivity contribution in [1.29, 1.82) is 0 Å². The number of methoxy groups -OCH3 is 2. The number of ether oxygens (including phenoxy) is 8. The number of likely N-dealkylation sites (N-methyl/N-ethyl adjacent to an activating group) is 1. The second-order valence-electron chi connectivity index (χ2n) is 20.1. The number of carbonyl (C=O) groups is 1. The highest BCUT2D eigenvalue weighted by atomic mass is 19.1. The monoisotopic (exact) mass is 930 g/mol. The quantitative estimate of drug-likeness (QED) is 0.115. The maximum absolute atomic E-state index is 14.8. The lowest BCUT2D eigenvalue weighted by molar-refractivity contribution is -0.335. The largest absolute Gasteiger partial charge is 0.493 e. The minimum atomic E-state index is -1.85. The average molecular weight is 930 g/mol. The van der Waals surface area contributed by atoms with Crippen molar-refractivity contribution < 1.29 is 67.5 Å². The molecule has 0 aliphatic carbocycles. The standard InChI is InChI=1S/C48H84FN3O13/c1-16-20-50-26-48(57)32(8)61-38(24-46(48,10)59-15)64-39-29(5)42(65-44-40(34(52(12)13)21-28(4)60-44)62-36-22-33(49)18-19-35(36)58-14)45(9,55)23-27(3)25-51-31(7)41(53)47(11,56)37(17-2)63-43(54)30(39)6/h18-19,22,27-32,34,37-42,44,50-51,53,55-57H,16-17,20-21,23-26H2,1-15H3/t27-,28-,29+,30-,31-,32+,34+,37-,38+,39+,40-,41-,42-,44+,45-,46-,47-,48+/m1/s1. The van der Waals surface area contributed by atoms with Crippen LogP contribution in [0.15, 0.2) is 18.2 Å². The lowest BCUT2D eigenvalue weighted by Gasteiger charge is -2.53. The van der Waals surface area contributed by atoms with Gasteiger partial charge in [-0.2, -0.15) is 0 Å². The van der Waals surface area contributed by atoms with Crippen molar-refractivity contribution in [3.63, 3.8) is 0 Å². The van der Waals surface area contributed by atoms with Crippen LogP contribution in [0.25, 0.3) is 0 Å². The Labute approximate surface area is 387 Å². The zero-order valence-electron chi connectivity index (χ0n) is 41.8. The summed E-state index contributed by atoms with van der Waals surface area (Å²) >= 11 is 0. The van der Waals surface area contributed by atoms with Gasteiger partial charge in [-0.15, -0.1) is 0 Å². The van der Waals surface area contributed by atoms with Gasteiger partial charge in [-0.25, -0.2) is 4.39 Å². The highest BCUT2D eigenvalue weighted by Gasteiger charge is 2.58. The van der Waals surface area contributed by atoms with Crippen LogP contribution in [0.2, 0.25) is 0 Å². The molecule has 3 aliphatic heterocycles. The number of benzene rings is 1. The Morgan fingerprint density at radius 2 is 1.63 bits per heavy atom. The fraction of sp³-hybridized carbons (Fsp3) is 0.854. The summed E-state index contributed by atoms with van der Waals surface area (Å²) < 4.78 is 66.3.